The zero-order valence-corrected chi connectivity index (χ0v) is 26.6. The van der Waals surface area contributed by atoms with Crippen LogP contribution in [0.25, 0.3) is 11.1 Å². The zero-order valence-electron chi connectivity index (χ0n) is 26.6. The van der Waals surface area contributed by atoms with Crippen LogP contribution >= 0.6 is 0 Å². The second kappa shape index (κ2) is 14.3. The first-order chi connectivity index (χ1) is 22.4. The highest BCUT2D eigenvalue weighted by molar-refractivity contribution is 5.82. The molecule has 1 aromatic heterocycles. The predicted octanol–water partition coefficient (Wildman–Crippen LogP) is 6.66. The van der Waals surface area contributed by atoms with Gasteiger partial charge in [0.25, 0.3) is 5.56 Å². The third kappa shape index (κ3) is 7.76. The van der Waals surface area contributed by atoms with Crippen molar-refractivity contribution in [2.45, 2.75) is 65.2 Å². The van der Waals surface area contributed by atoms with Crippen molar-refractivity contribution in [3.05, 3.63) is 91.6 Å². The molecule has 48 heavy (non-hydrogen) atoms. The highest BCUT2D eigenvalue weighted by Crippen LogP contribution is 2.39. The van der Waals surface area contributed by atoms with E-state index in [0.717, 1.165) is 29.0 Å². The molecule has 0 saturated carbocycles. The standard InChI is InChI=1S/C35H34F6N2O5/c1-6-21-11-25(37)32(33(38)31(21)30-18(4)8-23(36)9-19(30)5)26(13-29(45)46)42-34(47)27(7-17(2)3)43-14-22(10-20-15-48-16-20)24(12-28(43)44)35(39,40)41/h1,8-9,11-12,14,17,20,26-27H,7,10,13,15-16H2,2-5H3,(H,42,47)(H,45,46)/t26-,27+/m1/s1. The molecule has 1 fully saturated rings. The van der Waals surface area contributed by atoms with E-state index in [4.69, 9.17) is 11.2 Å². The van der Waals surface area contributed by atoms with Gasteiger partial charge in [-0.15, -0.1) is 6.42 Å². The summed E-state index contributed by atoms with van der Waals surface area (Å²) in [5, 5.41) is 12.1. The summed E-state index contributed by atoms with van der Waals surface area (Å²) >= 11 is 0. The van der Waals surface area contributed by atoms with Crippen molar-refractivity contribution in [1.29, 1.82) is 0 Å². The number of pyridine rings is 1. The second-order valence-electron chi connectivity index (χ2n) is 12.4. The minimum absolute atomic E-state index is 0.0876. The Bertz CT molecular complexity index is 1820. The zero-order chi connectivity index (χ0) is 35.7. The largest absolute Gasteiger partial charge is 0.481 e. The van der Waals surface area contributed by atoms with Crippen LogP contribution in [-0.4, -0.2) is 34.8 Å². The molecule has 0 aliphatic carbocycles. The van der Waals surface area contributed by atoms with Gasteiger partial charge in [-0.05, 0) is 73.1 Å². The highest BCUT2D eigenvalue weighted by atomic mass is 19.4. The lowest BCUT2D eigenvalue weighted by atomic mass is 9.88. The highest BCUT2D eigenvalue weighted by Gasteiger charge is 2.37. The number of amides is 1. The molecule has 13 heteroatoms. The SMILES string of the molecule is C#Cc1cc(F)c([C@@H](CC(=O)O)NC(=O)[C@H](CC(C)C)n2cc(CC3COC3)c(C(F)(F)F)cc2=O)c(F)c1-c1c(C)cc(F)cc1C. The number of carbonyl (C=O) groups is 2. The summed E-state index contributed by atoms with van der Waals surface area (Å²) in [5.41, 5.74) is -3.30. The number of aliphatic carboxylic acids is 1. The Hall–Kier alpha value is -4.57. The molecule has 1 saturated heterocycles. The summed E-state index contributed by atoms with van der Waals surface area (Å²) in [7, 11) is 0. The number of hydrogen-bond donors (Lipinski definition) is 2. The van der Waals surface area contributed by atoms with Crippen molar-refractivity contribution in [2.24, 2.45) is 11.8 Å². The minimum Gasteiger partial charge on any atom is -0.481 e. The fraction of sp³-hybridized carbons (Fsp3) is 0.400. The normalized spacial score (nSPS) is 14.7. The van der Waals surface area contributed by atoms with E-state index in [0.29, 0.717) is 6.07 Å². The van der Waals surface area contributed by atoms with E-state index in [1.165, 1.54) is 13.8 Å². The van der Waals surface area contributed by atoms with Crippen molar-refractivity contribution in [3.8, 4) is 23.5 Å². The van der Waals surface area contributed by atoms with Crippen LogP contribution in [0.1, 0.15) is 72.2 Å². The molecule has 0 radical (unpaired) electrons. The average molecular weight is 677 g/mol. The lowest BCUT2D eigenvalue weighted by Gasteiger charge is -2.29. The molecule has 2 aromatic carbocycles. The van der Waals surface area contributed by atoms with Gasteiger partial charge < -0.3 is 19.7 Å². The maximum absolute atomic E-state index is 16.5. The lowest BCUT2D eigenvalue weighted by Crippen LogP contribution is -2.41. The van der Waals surface area contributed by atoms with Crippen LogP contribution in [0.4, 0.5) is 26.3 Å². The number of carbonyl (C=O) groups excluding carboxylic acids is 1. The number of aromatic nitrogens is 1. The van der Waals surface area contributed by atoms with Gasteiger partial charge in [-0.25, -0.2) is 13.2 Å². The quantitative estimate of drug-likeness (QED) is 0.175. The molecule has 1 aliphatic heterocycles. The van der Waals surface area contributed by atoms with E-state index < -0.39 is 70.7 Å². The fourth-order valence-electron chi connectivity index (χ4n) is 6.05. The molecule has 7 nitrogen and oxygen atoms in total. The number of halogens is 6. The van der Waals surface area contributed by atoms with E-state index in [1.807, 2.05) is 0 Å². The molecule has 1 amide bonds. The number of nitrogens with one attached hydrogen (secondary N) is 1. The van der Waals surface area contributed by atoms with Gasteiger partial charge in [0.15, 0.2) is 0 Å². The van der Waals surface area contributed by atoms with Crippen LogP contribution in [0, 0.1) is 55.5 Å². The number of benzene rings is 2. The van der Waals surface area contributed by atoms with Gasteiger partial charge in [-0.3, -0.25) is 14.4 Å². The Labute approximate surface area is 272 Å². The molecule has 2 N–H and O–H groups in total. The minimum atomic E-state index is -4.86. The second-order valence-corrected chi connectivity index (χ2v) is 12.4. The van der Waals surface area contributed by atoms with Gasteiger partial charge in [0, 0.05) is 34.9 Å². The van der Waals surface area contributed by atoms with Gasteiger partial charge in [0.1, 0.15) is 23.5 Å². The van der Waals surface area contributed by atoms with Crippen LogP contribution in [-0.2, 0) is 26.9 Å². The Morgan fingerprint density at radius 3 is 2.21 bits per heavy atom. The van der Waals surface area contributed by atoms with Crippen LogP contribution < -0.4 is 10.9 Å². The number of alkyl halides is 3. The van der Waals surface area contributed by atoms with Gasteiger partial charge in [0.05, 0.1) is 31.2 Å². The Balaban J connectivity index is 1.85. The molecular weight excluding hydrogens is 642 g/mol. The number of nitrogens with zero attached hydrogens (tertiary/aromatic N) is 1. The van der Waals surface area contributed by atoms with E-state index >= 15 is 8.78 Å². The number of terminal acetylenes is 1. The molecule has 2 heterocycles. The molecule has 0 spiro atoms. The molecule has 0 unspecified atom stereocenters. The van der Waals surface area contributed by atoms with E-state index in [2.05, 4.69) is 11.2 Å². The Kier molecular flexibility index (Phi) is 10.8. The fourth-order valence-corrected chi connectivity index (χ4v) is 6.05. The van der Waals surface area contributed by atoms with E-state index in [1.54, 1.807) is 13.8 Å². The molecular formula is C35H34F6N2O5. The first kappa shape index (κ1) is 36.3. The summed E-state index contributed by atoms with van der Waals surface area (Å²) in [4.78, 5) is 39.0. The maximum atomic E-state index is 16.5. The number of hydrogen-bond acceptors (Lipinski definition) is 4. The summed E-state index contributed by atoms with van der Waals surface area (Å²) in [6, 6.07) is 0.108. The predicted molar refractivity (Wildman–Crippen MR) is 165 cm³/mol. The number of carboxylic acid groups (broad SMARTS) is 1. The Morgan fingerprint density at radius 2 is 1.71 bits per heavy atom. The first-order valence-corrected chi connectivity index (χ1v) is 15.1. The molecule has 2 atom stereocenters. The molecule has 256 valence electrons. The van der Waals surface area contributed by atoms with Crippen LogP contribution in [0.2, 0.25) is 0 Å². The van der Waals surface area contributed by atoms with Crippen molar-refractivity contribution in [1.82, 2.24) is 9.88 Å². The van der Waals surface area contributed by atoms with Crippen LogP contribution in [0.3, 0.4) is 0 Å². The molecule has 0 bridgehead atoms. The number of carboxylic acids is 1. The first-order valence-electron chi connectivity index (χ1n) is 15.1. The van der Waals surface area contributed by atoms with Gasteiger partial charge in [-0.2, -0.15) is 13.2 Å². The van der Waals surface area contributed by atoms with Gasteiger partial charge >= 0.3 is 12.1 Å². The molecule has 3 aromatic rings. The van der Waals surface area contributed by atoms with Crippen LogP contribution in [0.15, 0.2) is 35.3 Å². The maximum Gasteiger partial charge on any atom is 0.416 e. The number of rotatable bonds is 11. The molecule has 1 aliphatic rings. The molecule has 4 rings (SSSR count). The Morgan fingerprint density at radius 1 is 1.08 bits per heavy atom. The summed E-state index contributed by atoms with van der Waals surface area (Å²) in [6.45, 7) is 6.78. The third-order valence-electron chi connectivity index (χ3n) is 8.22. The number of aryl methyl sites for hydroxylation is 2. The summed E-state index contributed by atoms with van der Waals surface area (Å²) in [5.74, 6) is -4.13. The lowest BCUT2D eigenvalue weighted by molar-refractivity contribution is -0.139. The van der Waals surface area contributed by atoms with Crippen molar-refractivity contribution in [3.63, 3.8) is 0 Å². The van der Waals surface area contributed by atoms with E-state index in [9.17, 15) is 37.1 Å². The average Bonchev–Trinajstić information content (AvgIpc) is 2.93. The number of ether oxygens (including phenoxy) is 1. The van der Waals surface area contributed by atoms with Crippen molar-refractivity contribution < 1.29 is 45.8 Å². The van der Waals surface area contributed by atoms with Gasteiger partial charge in [0.2, 0.25) is 5.91 Å². The smallest absolute Gasteiger partial charge is 0.416 e. The van der Waals surface area contributed by atoms with Crippen molar-refractivity contribution in [2.75, 3.05) is 13.2 Å². The monoisotopic (exact) mass is 676 g/mol. The van der Waals surface area contributed by atoms with Crippen LogP contribution in [0.5, 0.6) is 0 Å². The summed E-state index contributed by atoms with van der Waals surface area (Å²) < 4.78 is 93.9. The van der Waals surface area contributed by atoms with Crippen molar-refractivity contribution >= 4 is 11.9 Å². The topological polar surface area (TPSA) is 97.6 Å². The summed E-state index contributed by atoms with van der Waals surface area (Å²) in [6.07, 6.45) is 0.472. The van der Waals surface area contributed by atoms with E-state index in [-0.39, 0.29) is 71.3 Å². The van der Waals surface area contributed by atoms with Gasteiger partial charge in [-0.1, -0.05) is 19.8 Å². The third-order valence-corrected chi connectivity index (χ3v) is 8.22.